The van der Waals surface area contributed by atoms with Crippen LogP contribution in [0, 0.1) is 10.1 Å². The average Bonchev–Trinajstić information content (AvgIpc) is 2.38. The van der Waals surface area contributed by atoms with Gasteiger partial charge in [-0.1, -0.05) is 13.0 Å². The number of nitrogens with zero attached hydrogens (tertiary/aromatic N) is 1. The molecule has 0 heterocycles. The first-order chi connectivity index (χ1) is 9.20. The molecule has 0 fully saturated rings. The van der Waals surface area contributed by atoms with Crippen molar-refractivity contribution < 1.29 is 9.66 Å². The Hall–Kier alpha value is -1.82. The van der Waals surface area contributed by atoms with Crippen molar-refractivity contribution in [2.24, 2.45) is 0 Å². The first-order valence-corrected chi connectivity index (χ1v) is 6.55. The van der Waals surface area contributed by atoms with Crippen molar-refractivity contribution in [2.45, 2.75) is 20.3 Å². The van der Waals surface area contributed by atoms with Gasteiger partial charge in [0.2, 0.25) is 0 Å². The molecule has 1 aromatic rings. The predicted octanol–water partition coefficient (Wildman–Crippen LogP) is 2.41. The van der Waals surface area contributed by atoms with Crippen LogP contribution in [0.15, 0.2) is 18.2 Å². The molecule has 106 valence electrons. The van der Waals surface area contributed by atoms with E-state index in [4.69, 9.17) is 4.74 Å². The summed E-state index contributed by atoms with van der Waals surface area (Å²) in [6.45, 7) is 6.65. The van der Waals surface area contributed by atoms with Crippen LogP contribution in [0.5, 0.6) is 5.75 Å². The molecule has 0 saturated heterocycles. The van der Waals surface area contributed by atoms with Crippen LogP contribution in [0.3, 0.4) is 0 Å². The molecule has 0 bridgehead atoms. The van der Waals surface area contributed by atoms with E-state index in [1.54, 1.807) is 25.1 Å². The average molecular weight is 267 g/mol. The summed E-state index contributed by atoms with van der Waals surface area (Å²) in [5, 5.41) is 17.4. The van der Waals surface area contributed by atoms with Gasteiger partial charge in [0.15, 0.2) is 5.75 Å². The minimum Gasteiger partial charge on any atom is -0.487 e. The minimum atomic E-state index is -0.410. The van der Waals surface area contributed by atoms with Gasteiger partial charge >= 0.3 is 5.69 Å². The van der Waals surface area contributed by atoms with Crippen LogP contribution in [-0.4, -0.2) is 31.2 Å². The monoisotopic (exact) mass is 267 g/mol. The van der Waals surface area contributed by atoms with Crippen molar-refractivity contribution in [1.82, 2.24) is 5.32 Å². The second-order valence-corrected chi connectivity index (χ2v) is 4.02. The number of ether oxygens (including phenoxy) is 1. The van der Waals surface area contributed by atoms with Gasteiger partial charge in [0, 0.05) is 13.1 Å². The molecule has 19 heavy (non-hydrogen) atoms. The predicted molar refractivity (Wildman–Crippen MR) is 75.9 cm³/mol. The molecule has 0 aromatic heterocycles. The largest absolute Gasteiger partial charge is 0.487 e. The zero-order chi connectivity index (χ0) is 14.1. The quantitative estimate of drug-likeness (QED) is 0.408. The lowest BCUT2D eigenvalue weighted by atomic mass is 10.2. The molecule has 0 aliphatic heterocycles. The maximum atomic E-state index is 11.1. The number of hydrogen-bond donors (Lipinski definition) is 2. The zero-order valence-corrected chi connectivity index (χ0v) is 11.4. The van der Waals surface area contributed by atoms with E-state index in [1.807, 2.05) is 0 Å². The van der Waals surface area contributed by atoms with Crippen LogP contribution in [0.2, 0.25) is 0 Å². The van der Waals surface area contributed by atoms with Gasteiger partial charge in [0.25, 0.3) is 0 Å². The van der Waals surface area contributed by atoms with Gasteiger partial charge in [-0.15, -0.1) is 0 Å². The van der Waals surface area contributed by atoms with Crippen molar-refractivity contribution in [3.63, 3.8) is 0 Å². The Labute approximate surface area is 113 Å². The molecule has 2 N–H and O–H groups in total. The zero-order valence-electron chi connectivity index (χ0n) is 11.4. The highest BCUT2D eigenvalue weighted by molar-refractivity contribution is 5.68. The lowest BCUT2D eigenvalue weighted by Gasteiger charge is -2.10. The van der Waals surface area contributed by atoms with Crippen molar-refractivity contribution >= 4 is 11.4 Å². The van der Waals surface area contributed by atoms with Gasteiger partial charge < -0.3 is 15.4 Å². The number of hydrogen-bond acceptors (Lipinski definition) is 5. The number of nitro benzene ring substituents is 1. The van der Waals surface area contributed by atoms with Crippen molar-refractivity contribution in [1.29, 1.82) is 0 Å². The standard InChI is InChI=1S/C13H21N3O3/c1-3-8-14-9-10-15-11-6-5-7-12(19-4-2)13(11)16(17)18/h5-7,14-15H,3-4,8-10H2,1-2H3. The fraction of sp³-hybridized carbons (Fsp3) is 0.538. The van der Waals surface area contributed by atoms with Crippen molar-refractivity contribution in [3.8, 4) is 5.75 Å². The lowest BCUT2D eigenvalue weighted by molar-refractivity contribution is -0.384. The van der Waals surface area contributed by atoms with E-state index in [9.17, 15) is 10.1 Å². The highest BCUT2D eigenvalue weighted by atomic mass is 16.6. The summed E-state index contributed by atoms with van der Waals surface area (Å²) in [6.07, 6.45) is 1.07. The molecular formula is C13H21N3O3. The van der Waals surface area contributed by atoms with E-state index in [2.05, 4.69) is 17.6 Å². The molecule has 6 nitrogen and oxygen atoms in total. The number of nitrogens with one attached hydrogen (secondary N) is 2. The summed E-state index contributed by atoms with van der Waals surface area (Å²) in [7, 11) is 0. The Morgan fingerprint density at radius 1 is 1.26 bits per heavy atom. The molecule has 0 saturated carbocycles. The normalized spacial score (nSPS) is 10.2. The highest BCUT2D eigenvalue weighted by Crippen LogP contribution is 2.34. The topological polar surface area (TPSA) is 76.4 Å². The number of para-hydroxylation sites is 1. The summed E-state index contributed by atoms with van der Waals surface area (Å²) >= 11 is 0. The van der Waals surface area contributed by atoms with Crippen molar-refractivity contribution in [3.05, 3.63) is 28.3 Å². The van der Waals surface area contributed by atoms with Crippen LogP contribution >= 0.6 is 0 Å². The summed E-state index contributed by atoms with van der Waals surface area (Å²) in [4.78, 5) is 10.7. The highest BCUT2D eigenvalue weighted by Gasteiger charge is 2.20. The van der Waals surface area contributed by atoms with Gasteiger partial charge in [-0.25, -0.2) is 0 Å². The van der Waals surface area contributed by atoms with Gasteiger partial charge in [-0.2, -0.15) is 0 Å². The summed E-state index contributed by atoms with van der Waals surface area (Å²) in [6, 6.07) is 5.06. The van der Waals surface area contributed by atoms with Crippen LogP contribution in [0.25, 0.3) is 0 Å². The SMILES string of the molecule is CCCNCCNc1cccc(OCC)c1[N+](=O)[O-]. The molecule has 0 aliphatic carbocycles. The third-order valence-electron chi connectivity index (χ3n) is 2.53. The third kappa shape index (κ3) is 4.75. The van der Waals surface area contributed by atoms with Gasteiger partial charge in [0.1, 0.15) is 5.69 Å². The fourth-order valence-electron chi connectivity index (χ4n) is 1.71. The van der Waals surface area contributed by atoms with E-state index in [0.717, 1.165) is 19.5 Å². The molecule has 0 aliphatic rings. The summed E-state index contributed by atoms with van der Waals surface area (Å²) in [5.74, 6) is 0.305. The molecule has 1 rings (SSSR count). The second kappa shape index (κ2) is 8.31. The Bertz CT molecular complexity index is 410. The van der Waals surface area contributed by atoms with E-state index in [0.29, 0.717) is 24.6 Å². The molecule has 6 heteroatoms. The Morgan fingerprint density at radius 3 is 2.68 bits per heavy atom. The number of benzene rings is 1. The second-order valence-electron chi connectivity index (χ2n) is 4.02. The molecule has 0 spiro atoms. The van der Waals surface area contributed by atoms with E-state index in [1.165, 1.54) is 0 Å². The molecule has 1 aromatic carbocycles. The molecule has 0 unspecified atom stereocenters. The van der Waals surface area contributed by atoms with Crippen molar-refractivity contribution in [2.75, 3.05) is 31.6 Å². The molecule has 0 atom stereocenters. The van der Waals surface area contributed by atoms with E-state index < -0.39 is 4.92 Å². The van der Waals surface area contributed by atoms with E-state index >= 15 is 0 Å². The number of nitro groups is 1. The smallest absolute Gasteiger partial charge is 0.333 e. The Morgan fingerprint density at radius 2 is 2.05 bits per heavy atom. The summed E-state index contributed by atoms with van der Waals surface area (Å²) in [5.41, 5.74) is 0.495. The first-order valence-electron chi connectivity index (χ1n) is 6.55. The third-order valence-corrected chi connectivity index (χ3v) is 2.53. The van der Waals surface area contributed by atoms with Gasteiger partial charge in [-0.3, -0.25) is 10.1 Å². The summed E-state index contributed by atoms with van der Waals surface area (Å²) < 4.78 is 5.29. The number of rotatable bonds is 9. The molecule has 0 amide bonds. The minimum absolute atomic E-state index is 0.000147. The van der Waals surface area contributed by atoms with Crippen LogP contribution in [0.4, 0.5) is 11.4 Å². The molecule has 0 radical (unpaired) electrons. The van der Waals surface area contributed by atoms with Crippen LogP contribution < -0.4 is 15.4 Å². The fourth-order valence-corrected chi connectivity index (χ4v) is 1.71. The number of anilines is 1. The van der Waals surface area contributed by atoms with Gasteiger partial charge in [-0.05, 0) is 32.0 Å². The maximum absolute atomic E-state index is 11.1. The van der Waals surface area contributed by atoms with E-state index in [-0.39, 0.29) is 5.69 Å². The maximum Gasteiger partial charge on any atom is 0.333 e. The first kappa shape index (κ1) is 15.2. The van der Waals surface area contributed by atoms with Gasteiger partial charge in [0.05, 0.1) is 11.5 Å². The lowest BCUT2D eigenvalue weighted by Crippen LogP contribution is -2.23. The Balaban J connectivity index is 2.70. The van der Waals surface area contributed by atoms with Crippen LogP contribution in [0.1, 0.15) is 20.3 Å². The Kier molecular flexibility index (Phi) is 6.67. The van der Waals surface area contributed by atoms with Crippen LogP contribution in [-0.2, 0) is 0 Å². The molecular weight excluding hydrogens is 246 g/mol.